The fraction of sp³-hybridized carbons (Fsp3) is 0.133. The third kappa shape index (κ3) is 2.85. The number of nitrogens with two attached hydrogens (primary N) is 1. The van der Waals surface area contributed by atoms with Gasteiger partial charge in [-0.05, 0) is 36.2 Å². The second-order valence-electron chi connectivity index (χ2n) is 4.25. The minimum absolute atomic E-state index is 0.0417. The minimum atomic E-state index is -0.332. The maximum absolute atomic E-state index is 12.1. The normalized spacial score (nSPS) is 10.2. The fourth-order valence-corrected chi connectivity index (χ4v) is 1.80. The van der Waals surface area contributed by atoms with Crippen molar-refractivity contribution in [1.29, 1.82) is 0 Å². The first-order valence-corrected chi connectivity index (χ1v) is 6.09. The Morgan fingerprint density at radius 2 is 2.00 bits per heavy atom. The number of phenolic OH excluding ortho intramolecular Hbond substituents is 1. The highest BCUT2D eigenvalue weighted by Gasteiger charge is 2.11. The molecule has 0 saturated heterocycles. The third-order valence-electron chi connectivity index (χ3n) is 2.92. The molecule has 2 aromatic carbocycles. The largest absolute Gasteiger partial charge is 0.506 e. The van der Waals surface area contributed by atoms with Crippen LogP contribution in [-0.4, -0.2) is 11.0 Å². The zero-order valence-electron chi connectivity index (χ0n) is 10.7. The van der Waals surface area contributed by atoms with Crippen molar-refractivity contribution in [3.8, 4) is 5.75 Å². The molecule has 2 rings (SSSR count). The van der Waals surface area contributed by atoms with E-state index in [0.717, 1.165) is 12.0 Å². The van der Waals surface area contributed by atoms with E-state index in [2.05, 4.69) is 5.32 Å². The van der Waals surface area contributed by atoms with Crippen LogP contribution in [0.4, 0.5) is 11.4 Å². The number of benzene rings is 2. The van der Waals surface area contributed by atoms with Crippen LogP contribution in [0.25, 0.3) is 0 Å². The van der Waals surface area contributed by atoms with E-state index in [1.54, 1.807) is 36.4 Å². The summed E-state index contributed by atoms with van der Waals surface area (Å²) in [5.74, 6) is -0.290. The molecular weight excluding hydrogens is 240 g/mol. The molecular formula is C15H16N2O2. The van der Waals surface area contributed by atoms with Crippen LogP contribution in [0.15, 0.2) is 42.5 Å². The molecule has 0 atom stereocenters. The van der Waals surface area contributed by atoms with Gasteiger partial charge in [-0.15, -0.1) is 0 Å². The standard InChI is InChI=1S/C15H16N2O2/c1-2-10-7-8-14(18)13(9-10)17-15(19)11-5-3-4-6-12(11)16/h3-9,18H,2,16H2,1H3,(H,17,19). The van der Waals surface area contributed by atoms with E-state index in [4.69, 9.17) is 5.73 Å². The number of phenols is 1. The molecule has 0 aromatic heterocycles. The molecule has 0 aliphatic heterocycles. The van der Waals surface area contributed by atoms with Crippen molar-refractivity contribution in [2.45, 2.75) is 13.3 Å². The maximum Gasteiger partial charge on any atom is 0.257 e. The Hall–Kier alpha value is -2.49. The van der Waals surface area contributed by atoms with Crippen LogP contribution in [0, 0.1) is 0 Å². The van der Waals surface area contributed by atoms with E-state index in [1.807, 2.05) is 13.0 Å². The van der Waals surface area contributed by atoms with Gasteiger partial charge in [0.05, 0.1) is 11.3 Å². The number of amides is 1. The Bertz CT molecular complexity index is 609. The summed E-state index contributed by atoms with van der Waals surface area (Å²) in [5, 5.41) is 12.4. The van der Waals surface area contributed by atoms with Gasteiger partial charge >= 0.3 is 0 Å². The van der Waals surface area contributed by atoms with E-state index in [1.165, 1.54) is 0 Å². The number of hydrogen-bond acceptors (Lipinski definition) is 3. The molecule has 98 valence electrons. The molecule has 0 unspecified atom stereocenters. The van der Waals surface area contributed by atoms with Gasteiger partial charge in [-0.1, -0.05) is 25.1 Å². The van der Waals surface area contributed by atoms with Gasteiger partial charge in [0, 0.05) is 5.69 Å². The highest BCUT2D eigenvalue weighted by Crippen LogP contribution is 2.25. The molecule has 0 spiro atoms. The molecule has 19 heavy (non-hydrogen) atoms. The SMILES string of the molecule is CCc1ccc(O)c(NC(=O)c2ccccc2N)c1. The first-order valence-electron chi connectivity index (χ1n) is 6.09. The van der Waals surface area contributed by atoms with Crippen LogP contribution in [0.5, 0.6) is 5.75 Å². The lowest BCUT2D eigenvalue weighted by Crippen LogP contribution is -2.14. The number of carbonyl (C=O) groups is 1. The predicted octanol–water partition coefficient (Wildman–Crippen LogP) is 2.79. The Kier molecular flexibility index (Phi) is 3.71. The van der Waals surface area contributed by atoms with Crippen molar-refractivity contribution in [2.24, 2.45) is 0 Å². The topological polar surface area (TPSA) is 75.3 Å². The predicted molar refractivity (Wildman–Crippen MR) is 76.3 cm³/mol. The second kappa shape index (κ2) is 5.44. The van der Waals surface area contributed by atoms with Gasteiger partial charge in [-0.25, -0.2) is 0 Å². The lowest BCUT2D eigenvalue weighted by Gasteiger charge is -2.10. The van der Waals surface area contributed by atoms with Crippen LogP contribution < -0.4 is 11.1 Å². The number of anilines is 2. The van der Waals surface area contributed by atoms with Gasteiger partial charge in [0.25, 0.3) is 5.91 Å². The smallest absolute Gasteiger partial charge is 0.257 e. The molecule has 0 bridgehead atoms. The summed E-state index contributed by atoms with van der Waals surface area (Å²) in [6.45, 7) is 2.01. The van der Waals surface area contributed by atoms with Crippen LogP contribution in [0.1, 0.15) is 22.8 Å². The molecule has 0 fully saturated rings. The number of hydrogen-bond donors (Lipinski definition) is 3. The Labute approximate surface area is 111 Å². The third-order valence-corrected chi connectivity index (χ3v) is 2.92. The molecule has 4 heteroatoms. The molecule has 0 aliphatic carbocycles. The average molecular weight is 256 g/mol. The Morgan fingerprint density at radius 1 is 1.26 bits per heavy atom. The summed E-state index contributed by atoms with van der Waals surface area (Å²) in [4.78, 5) is 12.1. The number of nitrogen functional groups attached to an aromatic ring is 1. The number of carbonyl (C=O) groups excluding carboxylic acids is 1. The minimum Gasteiger partial charge on any atom is -0.506 e. The summed E-state index contributed by atoms with van der Waals surface area (Å²) in [7, 11) is 0. The van der Waals surface area contributed by atoms with Gasteiger partial charge in [-0.3, -0.25) is 4.79 Å². The van der Waals surface area contributed by atoms with Gasteiger partial charge in [0.15, 0.2) is 0 Å². The summed E-state index contributed by atoms with van der Waals surface area (Å²) >= 11 is 0. The molecule has 0 saturated carbocycles. The molecule has 0 aliphatic rings. The summed E-state index contributed by atoms with van der Waals surface area (Å²) < 4.78 is 0. The first-order chi connectivity index (χ1) is 9.11. The lowest BCUT2D eigenvalue weighted by molar-refractivity contribution is 0.102. The van der Waals surface area contributed by atoms with Crippen LogP contribution in [0.2, 0.25) is 0 Å². The van der Waals surface area contributed by atoms with Gasteiger partial charge < -0.3 is 16.2 Å². The Morgan fingerprint density at radius 3 is 2.68 bits per heavy atom. The molecule has 4 N–H and O–H groups in total. The zero-order chi connectivity index (χ0) is 13.8. The van der Waals surface area contributed by atoms with E-state index in [0.29, 0.717) is 16.9 Å². The van der Waals surface area contributed by atoms with Crippen LogP contribution in [0.3, 0.4) is 0 Å². The number of aromatic hydroxyl groups is 1. The van der Waals surface area contributed by atoms with Crippen molar-refractivity contribution in [1.82, 2.24) is 0 Å². The molecule has 0 heterocycles. The first kappa shape index (κ1) is 13.0. The molecule has 1 amide bonds. The monoisotopic (exact) mass is 256 g/mol. The van der Waals surface area contributed by atoms with Gasteiger partial charge in [0.1, 0.15) is 5.75 Å². The van der Waals surface area contributed by atoms with Gasteiger partial charge in [-0.2, -0.15) is 0 Å². The fourth-order valence-electron chi connectivity index (χ4n) is 1.80. The molecule has 2 aromatic rings. The highest BCUT2D eigenvalue weighted by molar-refractivity contribution is 6.08. The van der Waals surface area contributed by atoms with Gasteiger partial charge in [0.2, 0.25) is 0 Å². The number of para-hydroxylation sites is 1. The number of rotatable bonds is 3. The summed E-state index contributed by atoms with van der Waals surface area (Å²) in [6.07, 6.45) is 0.830. The van der Waals surface area contributed by atoms with E-state index in [9.17, 15) is 9.90 Å². The quantitative estimate of drug-likeness (QED) is 0.584. The maximum atomic E-state index is 12.1. The van der Waals surface area contributed by atoms with Crippen molar-refractivity contribution in [3.63, 3.8) is 0 Å². The average Bonchev–Trinajstić information content (AvgIpc) is 2.41. The Balaban J connectivity index is 2.26. The number of nitrogens with one attached hydrogen (secondary N) is 1. The van der Waals surface area contributed by atoms with Crippen molar-refractivity contribution in [3.05, 3.63) is 53.6 Å². The van der Waals surface area contributed by atoms with Crippen molar-refractivity contribution in [2.75, 3.05) is 11.1 Å². The van der Waals surface area contributed by atoms with E-state index >= 15 is 0 Å². The summed E-state index contributed by atoms with van der Waals surface area (Å²) in [6, 6.07) is 12.0. The van der Waals surface area contributed by atoms with E-state index < -0.39 is 0 Å². The molecule has 0 radical (unpaired) electrons. The number of aryl methyl sites for hydroxylation is 1. The zero-order valence-corrected chi connectivity index (χ0v) is 10.7. The van der Waals surface area contributed by atoms with Crippen LogP contribution in [-0.2, 0) is 6.42 Å². The summed E-state index contributed by atoms with van der Waals surface area (Å²) in [5.41, 5.74) is 7.98. The van der Waals surface area contributed by atoms with Crippen molar-refractivity contribution >= 4 is 17.3 Å². The van der Waals surface area contributed by atoms with E-state index in [-0.39, 0.29) is 11.7 Å². The van der Waals surface area contributed by atoms with Crippen molar-refractivity contribution < 1.29 is 9.90 Å². The molecule has 4 nitrogen and oxygen atoms in total. The highest BCUT2D eigenvalue weighted by atomic mass is 16.3. The lowest BCUT2D eigenvalue weighted by atomic mass is 10.1. The second-order valence-corrected chi connectivity index (χ2v) is 4.25. The van der Waals surface area contributed by atoms with Crippen LogP contribution >= 0.6 is 0 Å².